The van der Waals surface area contributed by atoms with Crippen LogP contribution in [-0.4, -0.2) is 30.7 Å². The Balaban J connectivity index is 1.55. The van der Waals surface area contributed by atoms with E-state index in [-0.39, 0.29) is 18.3 Å². The first-order valence-corrected chi connectivity index (χ1v) is 9.02. The van der Waals surface area contributed by atoms with Gasteiger partial charge in [0.05, 0.1) is 29.5 Å². The molecule has 0 unspecified atom stereocenters. The van der Waals surface area contributed by atoms with E-state index in [1.165, 1.54) is 23.1 Å². The van der Waals surface area contributed by atoms with Crippen LogP contribution in [0.15, 0.2) is 48.8 Å². The summed E-state index contributed by atoms with van der Waals surface area (Å²) in [4.78, 5) is 13.8. The fraction of sp³-hybridized carbons (Fsp3) is 0.158. The summed E-state index contributed by atoms with van der Waals surface area (Å²) >= 11 is 6.15. The first-order chi connectivity index (χ1) is 13.5. The molecule has 0 saturated carbocycles. The number of aromatic nitrogens is 5. The van der Waals surface area contributed by atoms with Crippen LogP contribution in [0, 0.1) is 5.82 Å². The predicted molar refractivity (Wildman–Crippen MR) is 104 cm³/mol. The minimum absolute atomic E-state index is 0.0408. The highest BCUT2D eigenvalue weighted by atomic mass is 35.5. The zero-order chi connectivity index (χ0) is 19.7. The van der Waals surface area contributed by atoms with Gasteiger partial charge in [-0.1, -0.05) is 17.7 Å². The number of amides is 1. The van der Waals surface area contributed by atoms with Crippen LogP contribution in [0.3, 0.4) is 0 Å². The Labute approximate surface area is 164 Å². The average molecular weight is 399 g/mol. The van der Waals surface area contributed by atoms with Gasteiger partial charge in [0, 0.05) is 10.9 Å². The molecule has 4 rings (SSSR count). The smallest absolute Gasteiger partial charge is 0.247 e. The summed E-state index contributed by atoms with van der Waals surface area (Å²) in [5, 5.41) is 16.3. The van der Waals surface area contributed by atoms with Gasteiger partial charge >= 0.3 is 0 Å². The Kier molecular flexibility index (Phi) is 4.79. The van der Waals surface area contributed by atoms with Crippen molar-refractivity contribution >= 4 is 34.2 Å². The summed E-state index contributed by atoms with van der Waals surface area (Å²) < 4.78 is 14.9. The van der Waals surface area contributed by atoms with Crippen molar-refractivity contribution in [2.75, 3.05) is 5.32 Å². The summed E-state index contributed by atoms with van der Waals surface area (Å²) in [6, 6.07) is 9.92. The van der Waals surface area contributed by atoms with Crippen molar-refractivity contribution in [3.63, 3.8) is 0 Å². The van der Waals surface area contributed by atoms with Crippen LogP contribution in [-0.2, 0) is 17.9 Å². The molecule has 0 aliphatic rings. The van der Waals surface area contributed by atoms with Crippen LogP contribution in [0.4, 0.5) is 10.2 Å². The van der Waals surface area contributed by atoms with Crippen molar-refractivity contribution in [3.05, 3.63) is 59.6 Å². The van der Waals surface area contributed by atoms with E-state index in [4.69, 9.17) is 11.6 Å². The Hall–Kier alpha value is -3.26. The third-order valence-corrected chi connectivity index (χ3v) is 4.58. The number of hydrogen-bond acceptors (Lipinski definition) is 4. The fourth-order valence-electron chi connectivity index (χ4n) is 2.93. The molecule has 2 heterocycles. The third kappa shape index (κ3) is 3.59. The van der Waals surface area contributed by atoms with E-state index in [1.807, 2.05) is 25.1 Å². The summed E-state index contributed by atoms with van der Waals surface area (Å²) in [5.74, 6) is -0.233. The summed E-state index contributed by atoms with van der Waals surface area (Å²) in [6.07, 6.45) is 3.18. The molecule has 0 aliphatic heterocycles. The molecule has 7 nitrogen and oxygen atoms in total. The number of nitrogens with zero attached hydrogens (tertiary/aromatic N) is 5. The van der Waals surface area contributed by atoms with Gasteiger partial charge in [0.25, 0.3) is 0 Å². The van der Waals surface area contributed by atoms with Crippen molar-refractivity contribution in [2.24, 2.45) is 0 Å². The number of halogens is 2. The number of aryl methyl sites for hydroxylation is 1. The van der Waals surface area contributed by atoms with Crippen LogP contribution in [0.2, 0.25) is 5.02 Å². The molecular formula is C19H16ClFN6O. The van der Waals surface area contributed by atoms with Crippen molar-refractivity contribution in [1.29, 1.82) is 0 Å². The molecule has 0 aliphatic carbocycles. The molecule has 2 aromatic heterocycles. The van der Waals surface area contributed by atoms with Crippen LogP contribution in [0.25, 0.3) is 22.0 Å². The maximum absolute atomic E-state index is 13.3. The molecule has 2 aromatic carbocycles. The van der Waals surface area contributed by atoms with Gasteiger partial charge in [-0.25, -0.2) is 4.39 Å². The molecule has 0 atom stereocenters. The first-order valence-electron chi connectivity index (χ1n) is 8.64. The van der Waals surface area contributed by atoms with Crippen molar-refractivity contribution in [3.8, 4) is 11.1 Å². The van der Waals surface area contributed by atoms with E-state index in [9.17, 15) is 9.18 Å². The summed E-state index contributed by atoms with van der Waals surface area (Å²) in [5.41, 5.74) is 2.38. The van der Waals surface area contributed by atoms with Gasteiger partial charge in [0.2, 0.25) is 5.91 Å². The number of benzene rings is 2. The molecule has 4 aromatic rings. The number of nitrogens with one attached hydrogen (secondary N) is 1. The number of carbonyl (C=O) groups is 1. The normalized spacial score (nSPS) is 11.1. The lowest BCUT2D eigenvalue weighted by Crippen LogP contribution is -2.19. The lowest BCUT2D eigenvalue weighted by Gasteiger charge is -2.07. The summed E-state index contributed by atoms with van der Waals surface area (Å²) in [6.45, 7) is 2.58. The molecule has 1 amide bonds. The van der Waals surface area contributed by atoms with Crippen molar-refractivity contribution in [1.82, 2.24) is 24.8 Å². The molecule has 142 valence electrons. The molecule has 28 heavy (non-hydrogen) atoms. The van der Waals surface area contributed by atoms with Gasteiger partial charge in [-0.3, -0.25) is 9.48 Å². The largest absolute Gasteiger partial charge is 0.306 e. The lowest BCUT2D eigenvalue weighted by atomic mass is 10.0. The molecule has 0 spiro atoms. The molecule has 1 N–H and O–H groups in total. The number of hydrogen-bond donors (Lipinski definition) is 1. The highest BCUT2D eigenvalue weighted by Crippen LogP contribution is 2.30. The van der Waals surface area contributed by atoms with Crippen molar-refractivity contribution in [2.45, 2.75) is 20.0 Å². The van der Waals surface area contributed by atoms with Crippen molar-refractivity contribution < 1.29 is 9.18 Å². The second kappa shape index (κ2) is 7.40. The van der Waals surface area contributed by atoms with E-state index >= 15 is 0 Å². The molecule has 9 heteroatoms. The SMILES string of the molecule is CCn1ncc(NC(=O)Cn2ncc3cc(-c4ccc(F)cc4Cl)ccc32)n1. The maximum atomic E-state index is 13.3. The second-order valence-electron chi connectivity index (χ2n) is 6.17. The van der Waals surface area contributed by atoms with Gasteiger partial charge in [0.15, 0.2) is 5.82 Å². The Bertz CT molecular complexity index is 1170. The molecule has 0 fully saturated rings. The van der Waals surface area contributed by atoms with Gasteiger partial charge in [0.1, 0.15) is 12.4 Å². The Morgan fingerprint density at radius 3 is 2.79 bits per heavy atom. The lowest BCUT2D eigenvalue weighted by molar-refractivity contribution is -0.116. The summed E-state index contributed by atoms with van der Waals surface area (Å²) in [7, 11) is 0. The quantitative estimate of drug-likeness (QED) is 0.555. The minimum atomic E-state index is -0.382. The van der Waals surface area contributed by atoms with Gasteiger partial charge < -0.3 is 5.32 Å². The Morgan fingerprint density at radius 1 is 1.18 bits per heavy atom. The maximum Gasteiger partial charge on any atom is 0.247 e. The van der Waals surface area contributed by atoms with Crippen LogP contribution in [0.5, 0.6) is 0 Å². The predicted octanol–water partition coefficient (Wildman–Crippen LogP) is 3.75. The van der Waals surface area contributed by atoms with E-state index in [0.717, 1.165) is 22.0 Å². The standard InChI is InChI=1S/C19H16ClFN6O/c1-2-27-23-10-18(25-27)24-19(28)11-26-17-6-3-12(7-13(17)9-22-26)15-5-4-14(21)8-16(15)20/h3-10H,2,11H2,1H3,(H,24,25,28). The van der Waals surface area contributed by atoms with E-state index in [2.05, 4.69) is 20.6 Å². The van der Waals surface area contributed by atoms with Crippen LogP contribution < -0.4 is 5.32 Å². The minimum Gasteiger partial charge on any atom is -0.306 e. The van der Waals surface area contributed by atoms with Gasteiger partial charge in [-0.05, 0) is 42.8 Å². The highest BCUT2D eigenvalue weighted by molar-refractivity contribution is 6.33. The van der Waals surface area contributed by atoms with Gasteiger partial charge in [-0.2, -0.15) is 15.0 Å². The van der Waals surface area contributed by atoms with E-state index in [1.54, 1.807) is 16.9 Å². The highest BCUT2D eigenvalue weighted by Gasteiger charge is 2.12. The van der Waals surface area contributed by atoms with Gasteiger partial charge in [-0.15, -0.1) is 5.10 Å². The average Bonchev–Trinajstić information content (AvgIpc) is 3.28. The topological polar surface area (TPSA) is 77.6 Å². The van der Waals surface area contributed by atoms with Crippen LogP contribution >= 0.6 is 11.6 Å². The molecule has 0 bridgehead atoms. The van der Waals surface area contributed by atoms with E-state index < -0.39 is 0 Å². The number of carbonyl (C=O) groups excluding carboxylic acids is 1. The third-order valence-electron chi connectivity index (χ3n) is 4.26. The first kappa shape index (κ1) is 18.1. The molecule has 0 saturated heterocycles. The molecule has 0 radical (unpaired) electrons. The monoisotopic (exact) mass is 398 g/mol. The Morgan fingerprint density at radius 2 is 2.04 bits per heavy atom. The second-order valence-corrected chi connectivity index (χ2v) is 6.57. The number of anilines is 1. The van der Waals surface area contributed by atoms with E-state index in [0.29, 0.717) is 17.4 Å². The fourth-order valence-corrected chi connectivity index (χ4v) is 3.21. The molecular weight excluding hydrogens is 383 g/mol. The zero-order valence-electron chi connectivity index (χ0n) is 14.9. The zero-order valence-corrected chi connectivity index (χ0v) is 15.7. The number of fused-ring (bicyclic) bond motifs is 1. The van der Waals surface area contributed by atoms with Crippen LogP contribution in [0.1, 0.15) is 6.92 Å². The number of rotatable bonds is 5.